The van der Waals surface area contributed by atoms with Crippen LogP contribution in [-0.4, -0.2) is 86.8 Å². The number of nitrogens with one attached hydrogen (secondary N) is 1. The molecule has 19 nitrogen and oxygen atoms in total. The number of hydrogen-bond acceptors (Lipinski definition) is 15. The van der Waals surface area contributed by atoms with Crippen LogP contribution in [0, 0.1) is 0 Å². The third-order valence-corrected chi connectivity index (χ3v) is 7.06. The molecule has 20 heteroatoms. The number of phosphoric ester groups is 1. The van der Waals surface area contributed by atoms with Crippen molar-refractivity contribution in [2.45, 2.75) is 49.7 Å². The molecule has 0 amide bonds. The number of aliphatic hydroxyl groups excluding tert-OH is 2. The van der Waals surface area contributed by atoms with E-state index in [4.69, 9.17) is 30.0 Å². The molecule has 1 unspecified atom stereocenters. The molecule has 2 fully saturated rings. The average Bonchev–Trinajstić information content (AvgIpc) is 3.54. The van der Waals surface area contributed by atoms with Gasteiger partial charge in [-0.25, -0.2) is 19.3 Å². The number of nitrogens with zero attached hydrogens (tertiary/aromatic N) is 6. The monoisotopic (exact) mass is 557 g/mol. The molecule has 8 N–H and O–H groups in total. The highest BCUT2D eigenvalue weighted by Gasteiger charge is 2.43. The fourth-order valence-electron chi connectivity index (χ4n) is 4.26. The Bertz CT molecular complexity index is 1490. The van der Waals surface area contributed by atoms with E-state index in [1.807, 2.05) is 0 Å². The second-order valence-corrected chi connectivity index (χ2v) is 9.97. The normalized spacial score (nSPS) is 29.1. The molecule has 3 aromatic rings. The molecule has 7 atom stereocenters. The van der Waals surface area contributed by atoms with E-state index in [1.165, 1.54) is 10.9 Å². The maximum atomic E-state index is 12.7. The number of aliphatic hydroxyl groups is 2. The highest BCUT2D eigenvalue weighted by molar-refractivity contribution is 7.47. The lowest BCUT2D eigenvalue weighted by Gasteiger charge is -2.21. The number of H-pyrrole nitrogens is 1. The quantitative estimate of drug-likeness (QED) is 0.154. The first-order valence-corrected chi connectivity index (χ1v) is 12.7. The van der Waals surface area contributed by atoms with Crippen LogP contribution in [0.2, 0.25) is 0 Å². The van der Waals surface area contributed by atoms with E-state index in [1.54, 1.807) is 0 Å². The molecular weight excluding hydrogens is 533 g/mol. The maximum Gasteiger partial charge on any atom is 0.472 e. The first kappa shape index (κ1) is 26.3. The molecule has 38 heavy (non-hydrogen) atoms. The van der Waals surface area contributed by atoms with Gasteiger partial charge < -0.3 is 36.0 Å². The third kappa shape index (κ3) is 5.18. The molecule has 0 aromatic carbocycles. The van der Waals surface area contributed by atoms with E-state index in [-0.39, 0.29) is 35.9 Å². The lowest BCUT2D eigenvalue weighted by Crippen LogP contribution is -2.29. The van der Waals surface area contributed by atoms with E-state index >= 15 is 0 Å². The zero-order valence-corrected chi connectivity index (χ0v) is 20.3. The molecule has 0 radical (unpaired) electrons. The van der Waals surface area contributed by atoms with Crippen molar-refractivity contribution in [1.29, 1.82) is 0 Å². The van der Waals surface area contributed by atoms with E-state index in [0.29, 0.717) is 0 Å². The highest BCUT2D eigenvalue weighted by atomic mass is 31.2. The van der Waals surface area contributed by atoms with Crippen LogP contribution < -0.4 is 22.7 Å². The number of hydrogen-bond donors (Lipinski definition) is 6. The summed E-state index contributed by atoms with van der Waals surface area (Å²) in [6.45, 7) is -1.13. The smallest absolute Gasteiger partial charge is 0.394 e. The minimum absolute atomic E-state index is 0.0218. The SMILES string of the molecule is Nc1ncn([C@H]2C[C@H](OP(=O)(O)OC[C@H]3O[C@@H](n4cnc5c(=O)[nH]c(N)nc54)C[C@@H]3O)[C@H](CO)O2)c(=O)n1. The topological polar surface area (TPSA) is 278 Å². The minimum Gasteiger partial charge on any atom is -0.394 e. The number of fused-ring (bicyclic) bond motifs is 1. The highest BCUT2D eigenvalue weighted by Crippen LogP contribution is 2.49. The fraction of sp³-hybridized carbons (Fsp3) is 0.556. The van der Waals surface area contributed by atoms with E-state index < -0.39 is 69.2 Å². The van der Waals surface area contributed by atoms with Crippen molar-refractivity contribution in [1.82, 2.24) is 34.1 Å². The van der Waals surface area contributed by atoms with Crippen molar-refractivity contribution in [2.75, 3.05) is 24.7 Å². The maximum absolute atomic E-state index is 12.7. The van der Waals surface area contributed by atoms with Gasteiger partial charge in [0.05, 0.1) is 25.6 Å². The molecular formula is C18H24N9O10P. The largest absolute Gasteiger partial charge is 0.472 e. The van der Waals surface area contributed by atoms with Gasteiger partial charge in [0.1, 0.15) is 37.1 Å². The summed E-state index contributed by atoms with van der Waals surface area (Å²) in [5.41, 5.74) is 9.82. The molecule has 2 aliphatic heterocycles. The number of imidazole rings is 1. The van der Waals surface area contributed by atoms with Crippen LogP contribution in [0.3, 0.4) is 0 Å². The van der Waals surface area contributed by atoms with Crippen molar-refractivity contribution in [3.05, 3.63) is 33.5 Å². The lowest BCUT2D eigenvalue weighted by atomic mass is 10.2. The third-order valence-electron chi connectivity index (χ3n) is 6.05. The lowest BCUT2D eigenvalue weighted by molar-refractivity contribution is -0.0565. The Morgan fingerprint density at radius 3 is 2.55 bits per heavy atom. The molecule has 5 heterocycles. The molecule has 3 aromatic heterocycles. The Balaban J connectivity index is 1.22. The first-order valence-electron chi connectivity index (χ1n) is 11.2. The Morgan fingerprint density at radius 1 is 1.11 bits per heavy atom. The first-order chi connectivity index (χ1) is 18.0. The zero-order valence-electron chi connectivity index (χ0n) is 19.4. The summed E-state index contributed by atoms with van der Waals surface area (Å²) in [4.78, 5) is 51.9. The van der Waals surface area contributed by atoms with Crippen LogP contribution in [0.1, 0.15) is 25.3 Å². The Kier molecular flexibility index (Phi) is 7.01. The molecule has 5 rings (SSSR count). The molecule has 2 aliphatic rings. The number of aromatic amines is 1. The van der Waals surface area contributed by atoms with Crippen LogP contribution in [-0.2, 0) is 23.1 Å². The van der Waals surface area contributed by atoms with Gasteiger partial charge in [-0.15, -0.1) is 0 Å². The molecule has 0 aliphatic carbocycles. The van der Waals surface area contributed by atoms with Crippen LogP contribution in [0.15, 0.2) is 22.2 Å². The van der Waals surface area contributed by atoms with Gasteiger partial charge in [0.15, 0.2) is 11.2 Å². The van der Waals surface area contributed by atoms with Crippen molar-refractivity contribution in [3.8, 4) is 0 Å². The van der Waals surface area contributed by atoms with Crippen LogP contribution in [0.5, 0.6) is 0 Å². The molecule has 0 bridgehead atoms. The number of nitrogen functional groups attached to an aromatic ring is 2. The standard InChI is InChI=1S/C18H24N9O10P/c19-16-22-6-27(18(31)25-16)12-2-8(9(3-28)35-12)37-38(32,33)34-4-10-7(29)1-11(36-10)26-5-21-13-14(26)23-17(20)24-15(13)30/h5-12,28-29H,1-4H2,(H,32,33)(H2,19,25,31)(H3,20,23,24,30)/t7-,8-,9-,10+,11+,12+/m0/s1. The van der Waals surface area contributed by atoms with Crippen LogP contribution in [0.25, 0.3) is 11.2 Å². The van der Waals surface area contributed by atoms with Crippen molar-refractivity contribution in [3.63, 3.8) is 0 Å². The Hall–Kier alpha value is -3.29. The second kappa shape index (κ2) is 10.1. The number of aromatic nitrogens is 7. The van der Waals surface area contributed by atoms with Crippen molar-refractivity contribution in [2.24, 2.45) is 0 Å². The summed E-state index contributed by atoms with van der Waals surface area (Å²) in [7, 11) is -4.76. The molecule has 2 saturated heterocycles. The predicted octanol–water partition coefficient (Wildman–Crippen LogP) is -2.63. The summed E-state index contributed by atoms with van der Waals surface area (Å²) >= 11 is 0. The van der Waals surface area contributed by atoms with Gasteiger partial charge in [-0.2, -0.15) is 9.97 Å². The van der Waals surface area contributed by atoms with Gasteiger partial charge in [-0.3, -0.25) is 28.0 Å². The van der Waals surface area contributed by atoms with Gasteiger partial charge in [0.2, 0.25) is 11.9 Å². The van der Waals surface area contributed by atoms with Gasteiger partial charge in [0.25, 0.3) is 5.56 Å². The summed E-state index contributed by atoms with van der Waals surface area (Å²) in [6, 6.07) is 0. The van der Waals surface area contributed by atoms with Crippen molar-refractivity contribution >= 4 is 30.9 Å². The van der Waals surface area contributed by atoms with Gasteiger partial charge in [-0.05, 0) is 0 Å². The Labute approximate surface area is 211 Å². The number of anilines is 2. The molecule has 206 valence electrons. The number of rotatable bonds is 8. The minimum atomic E-state index is -4.76. The van der Waals surface area contributed by atoms with Gasteiger partial charge in [-0.1, -0.05) is 0 Å². The van der Waals surface area contributed by atoms with E-state index in [2.05, 4.69) is 24.9 Å². The summed E-state index contributed by atoms with van der Waals surface area (Å²) < 4.78 is 36.6. The Morgan fingerprint density at radius 2 is 1.82 bits per heavy atom. The van der Waals surface area contributed by atoms with Crippen LogP contribution >= 0.6 is 7.82 Å². The summed E-state index contributed by atoms with van der Waals surface area (Å²) in [6.07, 6.45) is -3.86. The van der Waals surface area contributed by atoms with E-state index in [9.17, 15) is 29.3 Å². The average molecular weight is 557 g/mol. The molecule has 0 saturated carbocycles. The van der Waals surface area contributed by atoms with E-state index in [0.717, 1.165) is 10.9 Å². The summed E-state index contributed by atoms with van der Waals surface area (Å²) in [5, 5.41) is 20.1. The van der Waals surface area contributed by atoms with Crippen molar-refractivity contribution < 1.29 is 38.2 Å². The number of nitrogens with two attached hydrogens (primary N) is 2. The predicted molar refractivity (Wildman–Crippen MR) is 124 cm³/mol. The second-order valence-electron chi connectivity index (χ2n) is 8.57. The van der Waals surface area contributed by atoms with Gasteiger partial charge in [0, 0.05) is 12.8 Å². The summed E-state index contributed by atoms with van der Waals surface area (Å²) in [5.74, 6) is -0.369. The van der Waals surface area contributed by atoms with Gasteiger partial charge >= 0.3 is 13.5 Å². The van der Waals surface area contributed by atoms with Crippen LogP contribution in [0.4, 0.5) is 11.9 Å². The number of phosphoric acid groups is 1. The molecule has 0 spiro atoms. The number of ether oxygens (including phenoxy) is 2. The fourth-order valence-corrected chi connectivity index (χ4v) is 5.22. The zero-order chi connectivity index (χ0) is 27.2.